The Labute approximate surface area is 103 Å². The van der Waals surface area contributed by atoms with Crippen molar-refractivity contribution in [1.82, 2.24) is 10.2 Å². The summed E-state index contributed by atoms with van der Waals surface area (Å²) in [5, 5.41) is 3.53. The molecule has 0 saturated carbocycles. The Hall–Kier alpha value is -0.610. The van der Waals surface area contributed by atoms with Crippen LogP contribution >= 0.6 is 0 Å². The van der Waals surface area contributed by atoms with Crippen molar-refractivity contribution in [2.75, 3.05) is 26.2 Å². The van der Waals surface area contributed by atoms with Gasteiger partial charge < -0.3 is 15.0 Å². The standard InChI is InChI=1S/C13H22N2O2/c16-13(12-5-1-2-7-17-12)15-8-10-4-3-6-14-11(10)9-15/h10-12,14H,1-9H2. The number of likely N-dealkylation sites (tertiary alicyclic amines) is 1. The Balaban J connectivity index is 1.59. The van der Waals surface area contributed by atoms with Gasteiger partial charge in [-0.3, -0.25) is 4.79 Å². The zero-order valence-electron chi connectivity index (χ0n) is 10.4. The molecule has 3 saturated heterocycles. The SMILES string of the molecule is O=C(C1CCCCO1)N1CC2CCCNC2C1. The van der Waals surface area contributed by atoms with Crippen molar-refractivity contribution in [3.63, 3.8) is 0 Å². The van der Waals surface area contributed by atoms with E-state index in [1.54, 1.807) is 0 Å². The van der Waals surface area contributed by atoms with Gasteiger partial charge in [0, 0.05) is 25.7 Å². The fourth-order valence-electron chi connectivity index (χ4n) is 3.37. The minimum absolute atomic E-state index is 0.149. The molecule has 96 valence electrons. The first-order valence-corrected chi connectivity index (χ1v) is 6.98. The van der Waals surface area contributed by atoms with Gasteiger partial charge in [0.1, 0.15) is 6.10 Å². The fourth-order valence-corrected chi connectivity index (χ4v) is 3.37. The van der Waals surface area contributed by atoms with Crippen molar-refractivity contribution in [2.45, 2.75) is 44.2 Å². The molecule has 0 radical (unpaired) electrons. The average Bonchev–Trinajstić information content (AvgIpc) is 2.82. The van der Waals surface area contributed by atoms with Gasteiger partial charge in [-0.25, -0.2) is 0 Å². The molecule has 0 aliphatic carbocycles. The molecule has 1 N–H and O–H groups in total. The molecular formula is C13H22N2O2. The van der Waals surface area contributed by atoms with E-state index in [0.29, 0.717) is 12.0 Å². The minimum atomic E-state index is -0.149. The van der Waals surface area contributed by atoms with Crippen LogP contribution in [0.15, 0.2) is 0 Å². The van der Waals surface area contributed by atoms with Crippen molar-refractivity contribution >= 4 is 5.91 Å². The number of fused-ring (bicyclic) bond motifs is 1. The van der Waals surface area contributed by atoms with Gasteiger partial charge in [-0.15, -0.1) is 0 Å². The van der Waals surface area contributed by atoms with E-state index < -0.39 is 0 Å². The molecule has 1 amide bonds. The van der Waals surface area contributed by atoms with Crippen molar-refractivity contribution < 1.29 is 9.53 Å². The summed E-state index contributed by atoms with van der Waals surface area (Å²) in [6.45, 7) is 3.71. The molecule has 3 rings (SSSR count). The van der Waals surface area contributed by atoms with E-state index in [0.717, 1.165) is 45.5 Å². The first-order chi connectivity index (χ1) is 8.34. The van der Waals surface area contributed by atoms with Crippen LogP contribution in [0.4, 0.5) is 0 Å². The lowest BCUT2D eigenvalue weighted by molar-refractivity contribution is -0.145. The smallest absolute Gasteiger partial charge is 0.251 e. The maximum atomic E-state index is 12.3. The lowest BCUT2D eigenvalue weighted by atomic mass is 9.94. The molecule has 0 spiro atoms. The highest BCUT2D eigenvalue weighted by molar-refractivity contribution is 5.81. The largest absolute Gasteiger partial charge is 0.368 e. The van der Waals surface area contributed by atoms with E-state index in [2.05, 4.69) is 5.32 Å². The first kappa shape index (κ1) is 11.5. The van der Waals surface area contributed by atoms with Gasteiger partial charge in [0.05, 0.1) is 0 Å². The van der Waals surface area contributed by atoms with E-state index in [-0.39, 0.29) is 12.0 Å². The third kappa shape index (κ3) is 2.33. The van der Waals surface area contributed by atoms with Gasteiger partial charge in [-0.05, 0) is 44.6 Å². The number of hydrogen-bond donors (Lipinski definition) is 1. The molecule has 4 nitrogen and oxygen atoms in total. The van der Waals surface area contributed by atoms with E-state index in [1.165, 1.54) is 12.8 Å². The van der Waals surface area contributed by atoms with Crippen molar-refractivity contribution in [2.24, 2.45) is 5.92 Å². The van der Waals surface area contributed by atoms with Crippen LogP contribution in [0.5, 0.6) is 0 Å². The number of amides is 1. The van der Waals surface area contributed by atoms with Crippen LogP contribution in [0.1, 0.15) is 32.1 Å². The quantitative estimate of drug-likeness (QED) is 0.733. The topological polar surface area (TPSA) is 41.6 Å². The first-order valence-electron chi connectivity index (χ1n) is 6.98. The van der Waals surface area contributed by atoms with Gasteiger partial charge in [0.15, 0.2) is 0 Å². The molecule has 0 aromatic carbocycles. The maximum absolute atomic E-state index is 12.3. The Morgan fingerprint density at radius 3 is 2.88 bits per heavy atom. The maximum Gasteiger partial charge on any atom is 0.251 e. The molecule has 0 bridgehead atoms. The summed E-state index contributed by atoms with van der Waals surface area (Å²) in [7, 11) is 0. The van der Waals surface area contributed by atoms with Gasteiger partial charge in [-0.1, -0.05) is 0 Å². The molecule has 3 fully saturated rings. The molecule has 3 aliphatic heterocycles. The summed E-state index contributed by atoms with van der Waals surface area (Å²) < 4.78 is 5.59. The van der Waals surface area contributed by atoms with Gasteiger partial charge >= 0.3 is 0 Å². The van der Waals surface area contributed by atoms with E-state index in [9.17, 15) is 4.79 Å². The second kappa shape index (κ2) is 4.94. The van der Waals surface area contributed by atoms with Crippen molar-refractivity contribution in [3.8, 4) is 0 Å². The normalized spacial score (nSPS) is 37.9. The van der Waals surface area contributed by atoms with E-state index in [1.807, 2.05) is 4.90 Å². The van der Waals surface area contributed by atoms with Crippen LogP contribution in [-0.2, 0) is 9.53 Å². The molecule has 0 aromatic heterocycles. The average molecular weight is 238 g/mol. The van der Waals surface area contributed by atoms with Gasteiger partial charge in [0.25, 0.3) is 5.91 Å². The van der Waals surface area contributed by atoms with Crippen molar-refractivity contribution in [1.29, 1.82) is 0 Å². The summed E-state index contributed by atoms with van der Waals surface area (Å²) in [6, 6.07) is 0.538. The molecule has 0 aromatic rings. The Bertz CT molecular complexity index is 275. The number of rotatable bonds is 1. The summed E-state index contributed by atoms with van der Waals surface area (Å²) in [5.41, 5.74) is 0. The molecule has 3 heterocycles. The van der Waals surface area contributed by atoms with Crippen molar-refractivity contribution in [3.05, 3.63) is 0 Å². The van der Waals surface area contributed by atoms with Crippen LogP contribution in [-0.4, -0.2) is 49.2 Å². The number of nitrogens with zero attached hydrogens (tertiary/aromatic N) is 1. The monoisotopic (exact) mass is 238 g/mol. The van der Waals surface area contributed by atoms with Crippen LogP contribution in [0.2, 0.25) is 0 Å². The van der Waals surface area contributed by atoms with Crippen LogP contribution < -0.4 is 5.32 Å². The highest BCUT2D eigenvalue weighted by Gasteiger charge is 2.38. The number of hydrogen-bond acceptors (Lipinski definition) is 3. The van der Waals surface area contributed by atoms with Crippen LogP contribution in [0.25, 0.3) is 0 Å². The molecule has 3 unspecified atom stereocenters. The van der Waals surface area contributed by atoms with Crippen LogP contribution in [0.3, 0.4) is 0 Å². The number of ether oxygens (including phenoxy) is 1. The number of piperidine rings is 1. The van der Waals surface area contributed by atoms with E-state index >= 15 is 0 Å². The highest BCUT2D eigenvalue weighted by Crippen LogP contribution is 2.26. The second-order valence-electron chi connectivity index (χ2n) is 5.56. The third-order valence-electron chi connectivity index (χ3n) is 4.37. The van der Waals surface area contributed by atoms with Gasteiger partial charge in [-0.2, -0.15) is 0 Å². The predicted molar refractivity (Wildman–Crippen MR) is 64.7 cm³/mol. The summed E-state index contributed by atoms with van der Waals surface area (Å²) >= 11 is 0. The lowest BCUT2D eigenvalue weighted by Gasteiger charge is -2.26. The molecule has 4 heteroatoms. The number of nitrogens with one attached hydrogen (secondary N) is 1. The van der Waals surface area contributed by atoms with E-state index in [4.69, 9.17) is 4.74 Å². The predicted octanol–water partition coefficient (Wildman–Crippen LogP) is 0.766. The zero-order valence-corrected chi connectivity index (χ0v) is 10.4. The van der Waals surface area contributed by atoms with Crippen LogP contribution in [0, 0.1) is 5.92 Å². The second-order valence-corrected chi connectivity index (χ2v) is 5.56. The number of carbonyl (C=O) groups is 1. The van der Waals surface area contributed by atoms with Gasteiger partial charge in [0.2, 0.25) is 0 Å². The molecule has 3 atom stereocenters. The Morgan fingerprint density at radius 2 is 2.12 bits per heavy atom. The summed E-state index contributed by atoms with van der Waals surface area (Å²) in [6.07, 6.45) is 5.53. The zero-order chi connectivity index (χ0) is 11.7. The Kier molecular flexibility index (Phi) is 3.34. The lowest BCUT2D eigenvalue weighted by Crippen LogP contribution is -2.43. The Morgan fingerprint density at radius 1 is 1.18 bits per heavy atom. The third-order valence-corrected chi connectivity index (χ3v) is 4.37. The minimum Gasteiger partial charge on any atom is -0.368 e. The molecular weight excluding hydrogens is 216 g/mol. The highest BCUT2D eigenvalue weighted by atomic mass is 16.5. The molecule has 3 aliphatic rings. The molecule has 17 heavy (non-hydrogen) atoms. The summed E-state index contributed by atoms with van der Waals surface area (Å²) in [5.74, 6) is 0.914. The number of carbonyl (C=O) groups excluding carboxylic acids is 1. The summed E-state index contributed by atoms with van der Waals surface area (Å²) in [4.78, 5) is 14.3. The fraction of sp³-hybridized carbons (Fsp3) is 0.923.